The lowest BCUT2D eigenvalue weighted by atomic mass is 9.93. The molecule has 0 amide bonds. The molecule has 0 spiro atoms. The summed E-state index contributed by atoms with van der Waals surface area (Å²) in [6.07, 6.45) is 11.6. The molecule has 0 saturated heterocycles. The molecule has 3 nitrogen and oxygen atoms in total. The van der Waals surface area contributed by atoms with Crippen molar-refractivity contribution in [3.8, 4) is 22.3 Å². The van der Waals surface area contributed by atoms with Crippen molar-refractivity contribution in [3.05, 3.63) is 145 Å². The molecule has 41 heavy (non-hydrogen) atoms. The highest BCUT2D eigenvalue weighted by Gasteiger charge is 2.16. The average Bonchev–Trinajstić information content (AvgIpc) is 3.39. The van der Waals surface area contributed by atoms with Gasteiger partial charge in [-0.1, -0.05) is 110 Å². The van der Waals surface area contributed by atoms with E-state index in [1.54, 1.807) is 12.3 Å². The number of fused-ring (bicyclic) bond motifs is 2. The van der Waals surface area contributed by atoms with Gasteiger partial charge in [0.2, 0.25) is 0 Å². The molecule has 198 valence electrons. The zero-order chi connectivity index (χ0) is 28.3. The van der Waals surface area contributed by atoms with E-state index in [1.807, 2.05) is 43.3 Å². The van der Waals surface area contributed by atoms with Gasteiger partial charge in [0.1, 0.15) is 11.3 Å². The minimum atomic E-state index is 0.649. The molecule has 0 atom stereocenters. The molecule has 2 heterocycles. The van der Waals surface area contributed by atoms with Crippen LogP contribution < -0.4 is 5.73 Å². The van der Waals surface area contributed by atoms with Crippen LogP contribution in [0.5, 0.6) is 0 Å². The van der Waals surface area contributed by atoms with Gasteiger partial charge in [-0.2, -0.15) is 0 Å². The molecule has 6 aromatic rings. The minimum Gasteiger partial charge on any atom is -0.455 e. The van der Waals surface area contributed by atoms with E-state index < -0.39 is 0 Å². The Morgan fingerprint density at radius 1 is 0.829 bits per heavy atom. The maximum Gasteiger partial charge on any atom is 0.143 e. The standard InChI is InChI=1S/C38H30N2O/c1-4-12-31-33-16-10-15-30(38(33)41-35(31)6-3)27-18-20-28(21-19-27)34-24-29(36(39)37-32(34)17-11-22-40-37)23-25(5-2)26-13-8-7-9-14-26/h4-24H,2-3,39H2,1H3/b12-4-,25-23+. The SMILES string of the molecule is C=C/C(=C\c1cc(-c2ccc(-c3cccc4c(/C=C\C)c(C=C)oc34)cc2)c2cccnc2c1N)c1ccccc1. The van der Waals surface area contributed by atoms with Crippen LogP contribution in [-0.2, 0) is 0 Å². The number of anilines is 1. The molecule has 3 heteroatoms. The number of hydrogen-bond acceptors (Lipinski definition) is 3. The van der Waals surface area contributed by atoms with Crippen LogP contribution >= 0.6 is 0 Å². The molecular formula is C38H30N2O. The number of hydrogen-bond donors (Lipinski definition) is 1. The number of benzene rings is 4. The van der Waals surface area contributed by atoms with Crippen molar-refractivity contribution in [1.82, 2.24) is 4.98 Å². The molecule has 0 radical (unpaired) electrons. The van der Waals surface area contributed by atoms with Gasteiger partial charge in [-0.15, -0.1) is 0 Å². The second kappa shape index (κ2) is 11.0. The zero-order valence-corrected chi connectivity index (χ0v) is 23.0. The van der Waals surface area contributed by atoms with Crippen LogP contribution in [0, 0.1) is 0 Å². The Labute approximate surface area is 240 Å². The first-order valence-electron chi connectivity index (χ1n) is 13.6. The lowest BCUT2D eigenvalue weighted by molar-refractivity contribution is 0.604. The van der Waals surface area contributed by atoms with Crippen molar-refractivity contribution >= 4 is 51.4 Å². The van der Waals surface area contributed by atoms with Crippen molar-refractivity contribution in [2.45, 2.75) is 6.92 Å². The van der Waals surface area contributed by atoms with Crippen molar-refractivity contribution in [2.75, 3.05) is 5.73 Å². The fraction of sp³-hybridized carbons (Fsp3) is 0.0263. The highest BCUT2D eigenvalue weighted by molar-refractivity contribution is 6.06. The van der Waals surface area contributed by atoms with Gasteiger partial charge in [-0.05, 0) is 59.0 Å². The van der Waals surface area contributed by atoms with Gasteiger partial charge in [0.15, 0.2) is 0 Å². The van der Waals surface area contributed by atoms with Crippen LogP contribution in [-0.4, -0.2) is 4.98 Å². The monoisotopic (exact) mass is 530 g/mol. The highest BCUT2D eigenvalue weighted by atomic mass is 16.3. The van der Waals surface area contributed by atoms with Gasteiger partial charge in [-0.25, -0.2) is 0 Å². The number of allylic oxidation sites excluding steroid dienone is 3. The van der Waals surface area contributed by atoms with Gasteiger partial charge >= 0.3 is 0 Å². The van der Waals surface area contributed by atoms with Crippen LogP contribution in [0.3, 0.4) is 0 Å². The molecule has 0 unspecified atom stereocenters. The third kappa shape index (κ3) is 4.68. The first kappa shape index (κ1) is 25.8. The lowest BCUT2D eigenvalue weighted by Crippen LogP contribution is -1.96. The molecule has 0 aliphatic rings. The predicted octanol–water partition coefficient (Wildman–Crippen LogP) is 10.3. The molecule has 4 aromatic carbocycles. The molecular weight excluding hydrogens is 500 g/mol. The van der Waals surface area contributed by atoms with Crippen LogP contribution in [0.25, 0.3) is 67.9 Å². The number of nitrogens with two attached hydrogens (primary N) is 1. The molecule has 0 aliphatic carbocycles. The van der Waals surface area contributed by atoms with Crippen molar-refractivity contribution in [1.29, 1.82) is 0 Å². The Morgan fingerprint density at radius 2 is 1.56 bits per heavy atom. The molecule has 0 bridgehead atoms. The number of nitrogen functional groups attached to an aromatic ring is 1. The third-order valence-electron chi connectivity index (χ3n) is 7.41. The highest BCUT2D eigenvalue weighted by Crippen LogP contribution is 2.39. The Balaban J connectivity index is 1.48. The summed E-state index contributed by atoms with van der Waals surface area (Å²) in [4.78, 5) is 4.66. The largest absolute Gasteiger partial charge is 0.455 e. The second-order valence-electron chi connectivity index (χ2n) is 9.84. The van der Waals surface area contributed by atoms with Crippen molar-refractivity contribution < 1.29 is 4.42 Å². The summed E-state index contributed by atoms with van der Waals surface area (Å²) in [6, 6.07) is 31.2. The number of nitrogens with zero attached hydrogens (tertiary/aromatic N) is 1. The number of rotatable bonds is 7. The number of furan rings is 1. The smallest absolute Gasteiger partial charge is 0.143 e. The Morgan fingerprint density at radius 3 is 2.27 bits per heavy atom. The van der Waals surface area contributed by atoms with E-state index in [0.717, 1.165) is 72.1 Å². The molecule has 6 rings (SSSR count). The molecule has 0 fully saturated rings. The lowest BCUT2D eigenvalue weighted by Gasteiger charge is -2.13. The maximum absolute atomic E-state index is 6.68. The second-order valence-corrected chi connectivity index (χ2v) is 9.84. The van der Waals surface area contributed by atoms with E-state index >= 15 is 0 Å². The first-order chi connectivity index (χ1) is 20.1. The number of pyridine rings is 1. The molecule has 0 saturated carbocycles. The normalized spacial score (nSPS) is 11.9. The minimum absolute atomic E-state index is 0.649. The van der Waals surface area contributed by atoms with Gasteiger partial charge in [-0.3, -0.25) is 4.98 Å². The average molecular weight is 531 g/mol. The van der Waals surface area contributed by atoms with Crippen LogP contribution in [0.2, 0.25) is 0 Å². The molecule has 2 N–H and O–H groups in total. The summed E-state index contributed by atoms with van der Waals surface area (Å²) in [5, 5.41) is 2.08. The van der Waals surface area contributed by atoms with Crippen molar-refractivity contribution in [3.63, 3.8) is 0 Å². The fourth-order valence-electron chi connectivity index (χ4n) is 5.41. The van der Waals surface area contributed by atoms with Gasteiger partial charge in [0.25, 0.3) is 0 Å². The fourth-order valence-corrected chi connectivity index (χ4v) is 5.41. The number of aromatic nitrogens is 1. The summed E-state index contributed by atoms with van der Waals surface area (Å²) in [5.74, 6) is 0.776. The van der Waals surface area contributed by atoms with E-state index in [-0.39, 0.29) is 0 Å². The van der Waals surface area contributed by atoms with E-state index in [9.17, 15) is 0 Å². The van der Waals surface area contributed by atoms with Crippen LogP contribution in [0.15, 0.2) is 127 Å². The van der Waals surface area contributed by atoms with Gasteiger partial charge < -0.3 is 10.2 Å². The number of para-hydroxylation sites is 1. The zero-order valence-electron chi connectivity index (χ0n) is 23.0. The predicted molar refractivity (Wildman–Crippen MR) is 176 cm³/mol. The molecule has 2 aromatic heterocycles. The first-order valence-corrected chi connectivity index (χ1v) is 13.6. The Bertz CT molecular complexity index is 1970. The van der Waals surface area contributed by atoms with Crippen LogP contribution in [0.1, 0.15) is 29.4 Å². The summed E-state index contributed by atoms with van der Waals surface area (Å²) >= 11 is 0. The summed E-state index contributed by atoms with van der Waals surface area (Å²) in [6.45, 7) is 10.00. The summed E-state index contributed by atoms with van der Waals surface area (Å²) in [7, 11) is 0. The van der Waals surface area contributed by atoms with E-state index in [0.29, 0.717) is 5.69 Å². The third-order valence-corrected chi connectivity index (χ3v) is 7.41. The Hall–Kier alpha value is -5.41. The quantitative estimate of drug-likeness (QED) is 0.127. The van der Waals surface area contributed by atoms with Crippen molar-refractivity contribution in [2.24, 2.45) is 0 Å². The summed E-state index contributed by atoms with van der Waals surface area (Å²) < 4.78 is 6.27. The van der Waals surface area contributed by atoms with Gasteiger partial charge in [0, 0.05) is 33.7 Å². The Kier molecular flexibility index (Phi) is 6.93. The van der Waals surface area contributed by atoms with Gasteiger partial charge in [0.05, 0.1) is 11.2 Å². The molecule has 0 aliphatic heterocycles. The summed E-state index contributed by atoms with van der Waals surface area (Å²) in [5.41, 5.74) is 17.3. The van der Waals surface area contributed by atoms with E-state index in [2.05, 4.69) is 97.0 Å². The maximum atomic E-state index is 6.68. The topological polar surface area (TPSA) is 52.0 Å². The van der Waals surface area contributed by atoms with Crippen LogP contribution in [0.4, 0.5) is 5.69 Å². The van der Waals surface area contributed by atoms with E-state index in [1.165, 1.54) is 0 Å². The van der Waals surface area contributed by atoms with E-state index in [4.69, 9.17) is 10.2 Å².